The normalized spacial score (nSPS) is 17.1. The molecule has 0 saturated heterocycles. The molecule has 2 aromatic rings. The highest BCUT2D eigenvalue weighted by molar-refractivity contribution is 8.01. The Morgan fingerprint density at radius 1 is 1.40 bits per heavy atom. The molecule has 0 spiro atoms. The Morgan fingerprint density at radius 3 is 3.05 bits per heavy atom. The van der Waals surface area contributed by atoms with Gasteiger partial charge in [-0.05, 0) is 36.5 Å². The van der Waals surface area contributed by atoms with Crippen LogP contribution < -0.4 is 10.6 Å². The number of benzene rings is 1. The average molecular weight is 304 g/mol. The zero-order valence-electron chi connectivity index (χ0n) is 11.2. The van der Waals surface area contributed by atoms with Crippen molar-refractivity contribution in [3.8, 4) is 0 Å². The van der Waals surface area contributed by atoms with Crippen LogP contribution in [0.2, 0.25) is 0 Å². The molecule has 1 aromatic carbocycles. The van der Waals surface area contributed by atoms with Crippen molar-refractivity contribution < 1.29 is 4.79 Å². The van der Waals surface area contributed by atoms with E-state index in [4.69, 9.17) is 0 Å². The number of carbonyl (C=O) groups is 1. The molecular formula is C15H16N2OS2. The molecule has 0 fully saturated rings. The lowest BCUT2D eigenvalue weighted by Gasteiger charge is -2.10. The molecule has 3 nitrogen and oxygen atoms in total. The Balaban J connectivity index is 1.80. The number of thiophene rings is 1. The van der Waals surface area contributed by atoms with E-state index in [2.05, 4.69) is 47.2 Å². The third-order valence-corrected chi connectivity index (χ3v) is 5.19. The maximum atomic E-state index is 12.0. The van der Waals surface area contributed by atoms with E-state index in [1.54, 1.807) is 23.1 Å². The fourth-order valence-corrected chi connectivity index (χ4v) is 4.02. The van der Waals surface area contributed by atoms with Crippen molar-refractivity contribution in [1.82, 2.24) is 5.32 Å². The Hall–Kier alpha value is -1.30. The van der Waals surface area contributed by atoms with Crippen LogP contribution in [0.1, 0.15) is 24.9 Å². The molecular weight excluding hydrogens is 288 g/mol. The van der Waals surface area contributed by atoms with Crippen molar-refractivity contribution in [1.29, 1.82) is 0 Å². The molecule has 0 bridgehead atoms. The summed E-state index contributed by atoms with van der Waals surface area (Å²) in [7, 11) is 0. The van der Waals surface area contributed by atoms with Crippen LogP contribution in [0.15, 0.2) is 44.8 Å². The lowest BCUT2D eigenvalue weighted by molar-refractivity contribution is -0.117. The van der Waals surface area contributed by atoms with E-state index in [1.165, 1.54) is 4.21 Å². The van der Waals surface area contributed by atoms with Crippen molar-refractivity contribution in [2.45, 2.75) is 28.5 Å². The van der Waals surface area contributed by atoms with Gasteiger partial charge in [-0.1, -0.05) is 30.8 Å². The van der Waals surface area contributed by atoms with Crippen LogP contribution in [0.5, 0.6) is 0 Å². The topological polar surface area (TPSA) is 41.1 Å². The molecule has 0 saturated carbocycles. The van der Waals surface area contributed by atoms with Crippen molar-refractivity contribution in [2.24, 2.45) is 0 Å². The first kappa shape index (κ1) is 13.7. The maximum Gasteiger partial charge on any atom is 0.246 e. The average Bonchev–Trinajstić information content (AvgIpc) is 3.03. The van der Waals surface area contributed by atoms with Gasteiger partial charge in [0.2, 0.25) is 5.91 Å². The van der Waals surface area contributed by atoms with Crippen LogP contribution >= 0.6 is 23.1 Å². The maximum absolute atomic E-state index is 12.0. The molecule has 0 aliphatic carbocycles. The monoisotopic (exact) mass is 304 g/mol. The summed E-state index contributed by atoms with van der Waals surface area (Å²) in [6, 6.07) is 10.1. The van der Waals surface area contributed by atoms with Crippen LogP contribution in [0, 0.1) is 0 Å². The summed E-state index contributed by atoms with van der Waals surface area (Å²) in [4.78, 5) is 13.1. The lowest BCUT2D eigenvalue weighted by atomic mass is 10.1. The van der Waals surface area contributed by atoms with Crippen molar-refractivity contribution in [2.75, 3.05) is 11.9 Å². The van der Waals surface area contributed by atoms with Gasteiger partial charge in [-0.25, -0.2) is 0 Å². The van der Waals surface area contributed by atoms with E-state index in [-0.39, 0.29) is 11.9 Å². The van der Waals surface area contributed by atoms with E-state index < -0.39 is 0 Å². The van der Waals surface area contributed by atoms with E-state index >= 15 is 0 Å². The highest BCUT2D eigenvalue weighted by Gasteiger charge is 2.29. The minimum absolute atomic E-state index is 0.0479. The molecule has 1 unspecified atom stereocenters. The number of hydrogen-bond donors (Lipinski definition) is 2. The van der Waals surface area contributed by atoms with E-state index in [0.29, 0.717) is 0 Å². The minimum Gasteiger partial charge on any atom is -0.324 e. The van der Waals surface area contributed by atoms with Gasteiger partial charge in [0.25, 0.3) is 0 Å². The minimum atomic E-state index is -0.203. The van der Waals surface area contributed by atoms with Gasteiger partial charge in [0.1, 0.15) is 6.04 Å². The van der Waals surface area contributed by atoms with Gasteiger partial charge in [0.15, 0.2) is 0 Å². The second kappa shape index (κ2) is 5.99. The van der Waals surface area contributed by atoms with Crippen molar-refractivity contribution in [3.05, 3.63) is 41.3 Å². The van der Waals surface area contributed by atoms with Crippen molar-refractivity contribution in [3.63, 3.8) is 0 Å². The fraction of sp³-hybridized carbons (Fsp3) is 0.267. The van der Waals surface area contributed by atoms with Crippen LogP contribution in [0.3, 0.4) is 0 Å². The van der Waals surface area contributed by atoms with Crippen LogP contribution in [-0.2, 0) is 4.79 Å². The molecule has 1 aliphatic rings. The van der Waals surface area contributed by atoms with Gasteiger partial charge in [0.05, 0.1) is 4.21 Å². The predicted octanol–water partition coefficient (Wildman–Crippen LogP) is 3.89. The number of rotatable bonds is 5. The van der Waals surface area contributed by atoms with Gasteiger partial charge in [0, 0.05) is 16.1 Å². The van der Waals surface area contributed by atoms with Gasteiger partial charge in [-0.3, -0.25) is 4.79 Å². The first-order chi connectivity index (χ1) is 9.78. The van der Waals surface area contributed by atoms with Gasteiger partial charge >= 0.3 is 0 Å². The smallest absolute Gasteiger partial charge is 0.246 e. The van der Waals surface area contributed by atoms with Crippen molar-refractivity contribution >= 4 is 34.7 Å². The Bertz CT molecular complexity index is 610. The highest BCUT2D eigenvalue weighted by Crippen LogP contribution is 2.37. The molecule has 1 atom stereocenters. The molecule has 104 valence electrons. The summed E-state index contributed by atoms with van der Waals surface area (Å²) in [5.74, 6) is 0.0479. The molecule has 1 amide bonds. The molecule has 0 radical (unpaired) electrons. The molecule has 1 aliphatic heterocycles. The third-order valence-electron chi connectivity index (χ3n) is 3.17. The van der Waals surface area contributed by atoms with Crippen LogP contribution in [-0.4, -0.2) is 12.5 Å². The second-order valence-corrected chi connectivity index (χ2v) is 6.98. The number of carbonyl (C=O) groups excluding carboxylic acids is 1. The highest BCUT2D eigenvalue weighted by atomic mass is 32.2. The summed E-state index contributed by atoms with van der Waals surface area (Å²) in [5.41, 5.74) is 1.99. The van der Waals surface area contributed by atoms with Gasteiger partial charge in [-0.15, -0.1) is 11.3 Å². The number of fused-ring (bicyclic) bond motifs is 1. The van der Waals surface area contributed by atoms with Gasteiger partial charge < -0.3 is 10.6 Å². The zero-order valence-corrected chi connectivity index (χ0v) is 12.8. The van der Waals surface area contributed by atoms with E-state index in [9.17, 15) is 4.79 Å². The van der Waals surface area contributed by atoms with Crippen LogP contribution in [0.4, 0.5) is 5.69 Å². The molecule has 2 heterocycles. The number of amides is 1. The number of hydrogen-bond acceptors (Lipinski definition) is 4. The van der Waals surface area contributed by atoms with E-state index in [0.717, 1.165) is 29.1 Å². The first-order valence-electron chi connectivity index (χ1n) is 6.67. The molecule has 3 rings (SSSR count). The predicted molar refractivity (Wildman–Crippen MR) is 84.5 cm³/mol. The number of nitrogens with one attached hydrogen (secondary N) is 2. The first-order valence-corrected chi connectivity index (χ1v) is 8.37. The Morgan fingerprint density at radius 2 is 2.30 bits per heavy atom. The standard InChI is InChI=1S/C15H16N2OS2/c1-2-7-16-14-11-6-5-10(9-12(11)17-15(14)18)20-13-4-3-8-19-13/h3-6,8-9,14,16H,2,7H2,1H3,(H,17,18). The molecule has 1 aromatic heterocycles. The van der Waals surface area contributed by atoms with Gasteiger partial charge in [-0.2, -0.15) is 0 Å². The third kappa shape index (κ3) is 2.75. The van der Waals surface area contributed by atoms with E-state index in [1.807, 2.05) is 6.07 Å². The fourth-order valence-electron chi connectivity index (χ4n) is 2.23. The summed E-state index contributed by atoms with van der Waals surface area (Å²) < 4.78 is 1.26. The van der Waals surface area contributed by atoms with Crippen LogP contribution in [0.25, 0.3) is 0 Å². The Kier molecular flexibility index (Phi) is 4.10. The second-order valence-electron chi connectivity index (χ2n) is 4.66. The molecule has 2 N–H and O–H groups in total. The number of anilines is 1. The summed E-state index contributed by atoms with van der Waals surface area (Å²) >= 11 is 3.45. The Labute approximate surface area is 126 Å². The SMILES string of the molecule is CCCNC1C(=O)Nc2cc(Sc3cccs3)ccc21. The summed E-state index contributed by atoms with van der Waals surface area (Å²) in [5, 5.41) is 8.32. The largest absolute Gasteiger partial charge is 0.324 e. The molecule has 20 heavy (non-hydrogen) atoms. The molecule has 5 heteroatoms. The quantitative estimate of drug-likeness (QED) is 0.880. The lowest BCUT2D eigenvalue weighted by Crippen LogP contribution is -2.27. The zero-order chi connectivity index (χ0) is 13.9. The summed E-state index contributed by atoms with van der Waals surface area (Å²) in [6.07, 6.45) is 1.02. The summed E-state index contributed by atoms with van der Waals surface area (Å²) in [6.45, 7) is 2.95.